The van der Waals surface area contributed by atoms with Crippen LogP contribution in [0.2, 0.25) is 0 Å². The van der Waals surface area contributed by atoms with Gasteiger partial charge >= 0.3 is 0 Å². The summed E-state index contributed by atoms with van der Waals surface area (Å²) in [6.45, 7) is 0. The summed E-state index contributed by atoms with van der Waals surface area (Å²) in [6.07, 6.45) is 7.19. The lowest BCUT2D eigenvalue weighted by atomic mass is 9.97. The molecule has 0 saturated carbocycles. The maximum atomic E-state index is 12.7. The van der Waals surface area contributed by atoms with Crippen LogP contribution < -0.4 is 15.2 Å². The number of allylic oxidation sites excluding steroid dienone is 2. The van der Waals surface area contributed by atoms with Gasteiger partial charge in [0.2, 0.25) is 0 Å². The first-order chi connectivity index (χ1) is 9.67. The first kappa shape index (κ1) is 14.4. The summed E-state index contributed by atoms with van der Waals surface area (Å²) in [4.78, 5) is 12.7. The second kappa shape index (κ2) is 6.46. The van der Waals surface area contributed by atoms with Crippen LogP contribution in [0.25, 0.3) is 0 Å². The molecule has 0 unspecified atom stereocenters. The van der Waals surface area contributed by atoms with Crippen LogP contribution in [0.15, 0.2) is 23.8 Å². The maximum absolute atomic E-state index is 12.7. The molecule has 0 aliphatic heterocycles. The van der Waals surface area contributed by atoms with Gasteiger partial charge in [0.25, 0.3) is 0 Å². The van der Waals surface area contributed by atoms with E-state index in [1.54, 1.807) is 19.2 Å². The molecular weight excluding hydrogens is 254 g/mol. The second-order valence-electron chi connectivity index (χ2n) is 4.95. The minimum Gasteiger partial charge on any atom is -0.497 e. The summed E-state index contributed by atoms with van der Waals surface area (Å²) in [6, 6.07) is 3.37. The SMILES string of the molecule is COc1cc(OC)c(N)c(C(=O)C2=CCCCCC2)c1. The molecule has 2 N–H and O–H groups in total. The Bertz CT molecular complexity index is 535. The average Bonchev–Trinajstić information content (AvgIpc) is 2.76. The van der Waals surface area contributed by atoms with Gasteiger partial charge in [0, 0.05) is 6.07 Å². The molecule has 1 aromatic rings. The number of benzene rings is 1. The molecule has 0 atom stereocenters. The normalized spacial score (nSPS) is 15.2. The number of Topliss-reactive ketones (excluding diaryl/α,β-unsaturated/α-hetero) is 1. The number of rotatable bonds is 4. The van der Waals surface area contributed by atoms with Crippen molar-refractivity contribution in [3.05, 3.63) is 29.3 Å². The van der Waals surface area contributed by atoms with Crippen LogP contribution in [0.5, 0.6) is 11.5 Å². The number of anilines is 1. The van der Waals surface area contributed by atoms with E-state index in [0.29, 0.717) is 22.7 Å². The van der Waals surface area contributed by atoms with E-state index in [1.807, 2.05) is 6.08 Å². The quantitative estimate of drug-likeness (QED) is 0.676. The molecule has 1 aromatic carbocycles. The first-order valence-electron chi connectivity index (χ1n) is 6.92. The number of ketones is 1. The highest BCUT2D eigenvalue weighted by Gasteiger charge is 2.19. The van der Waals surface area contributed by atoms with Crippen molar-refractivity contribution < 1.29 is 14.3 Å². The average molecular weight is 275 g/mol. The van der Waals surface area contributed by atoms with Gasteiger partial charge in [-0.2, -0.15) is 0 Å². The van der Waals surface area contributed by atoms with Gasteiger partial charge in [0.05, 0.1) is 25.5 Å². The maximum Gasteiger partial charge on any atom is 0.191 e. The number of hydrogen-bond acceptors (Lipinski definition) is 4. The zero-order chi connectivity index (χ0) is 14.5. The molecule has 0 bridgehead atoms. The van der Waals surface area contributed by atoms with Gasteiger partial charge in [-0.1, -0.05) is 12.5 Å². The number of methoxy groups -OCH3 is 2. The second-order valence-corrected chi connectivity index (χ2v) is 4.95. The molecule has 1 aliphatic carbocycles. The topological polar surface area (TPSA) is 61.6 Å². The number of nitrogen functional groups attached to an aromatic ring is 1. The molecule has 0 amide bonds. The zero-order valence-electron chi connectivity index (χ0n) is 12.1. The minimum absolute atomic E-state index is 0.0124. The summed E-state index contributed by atoms with van der Waals surface area (Å²) >= 11 is 0. The third-order valence-electron chi connectivity index (χ3n) is 3.65. The number of carbonyl (C=O) groups excluding carboxylic acids is 1. The summed E-state index contributed by atoms with van der Waals surface area (Å²) in [5, 5.41) is 0. The summed E-state index contributed by atoms with van der Waals surface area (Å²) in [7, 11) is 3.09. The van der Waals surface area contributed by atoms with E-state index >= 15 is 0 Å². The highest BCUT2D eigenvalue weighted by atomic mass is 16.5. The number of hydrogen-bond donors (Lipinski definition) is 1. The van der Waals surface area contributed by atoms with Crippen LogP contribution in [-0.4, -0.2) is 20.0 Å². The third kappa shape index (κ3) is 2.95. The lowest BCUT2D eigenvalue weighted by Gasteiger charge is -2.13. The molecule has 0 saturated heterocycles. The van der Waals surface area contributed by atoms with Crippen LogP contribution in [0, 0.1) is 0 Å². The van der Waals surface area contributed by atoms with Gasteiger partial charge in [0.15, 0.2) is 5.78 Å². The molecule has 4 nitrogen and oxygen atoms in total. The fraction of sp³-hybridized carbons (Fsp3) is 0.438. The van der Waals surface area contributed by atoms with Crippen LogP contribution in [0.4, 0.5) is 5.69 Å². The Kier molecular flexibility index (Phi) is 4.66. The van der Waals surface area contributed by atoms with E-state index in [9.17, 15) is 4.79 Å². The Morgan fingerprint density at radius 2 is 1.95 bits per heavy atom. The molecule has 1 aliphatic rings. The minimum atomic E-state index is -0.0124. The Labute approximate surface area is 119 Å². The molecule has 0 heterocycles. The number of ether oxygens (including phenoxy) is 2. The third-order valence-corrected chi connectivity index (χ3v) is 3.65. The summed E-state index contributed by atoms with van der Waals surface area (Å²) in [5.41, 5.74) is 7.73. The van der Waals surface area contributed by atoms with E-state index in [-0.39, 0.29) is 5.78 Å². The molecule has 108 valence electrons. The van der Waals surface area contributed by atoms with Crippen molar-refractivity contribution in [1.29, 1.82) is 0 Å². The Hall–Kier alpha value is -1.97. The van der Waals surface area contributed by atoms with Crippen molar-refractivity contribution in [3.63, 3.8) is 0 Å². The van der Waals surface area contributed by atoms with Crippen molar-refractivity contribution in [1.82, 2.24) is 0 Å². The van der Waals surface area contributed by atoms with Crippen molar-refractivity contribution >= 4 is 11.5 Å². The van der Waals surface area contributed by atoms with Gasteiger partial charge < -0.3 is 15.2 Å². The van der Waals surface area contributed by atoms with Crippen molar-refractivity contribution in [2.75, 3.05) is 20.0 Å². The van der Waals surface area contributed by atoms with E-state index in [1.165, 1.54) is 13.5 Å². The van der Waals surface area contributed by atoms with Crippen LogP contribution in [0.3, 0.4) is 0 Å². The predicted octanol–water partition coefficient (Wildman–Crippen LogP) is 3.36. The first-order valence-corrected chi connectivity index (χ1v) is 6.92. The van der Waals surface area contributed by atoms with Crippen molar-refractivity contribution in [2.45, 2.75) is 32.1 Å². The fourth-order valence-corrected chi connectivity index (χ4v) is 2.47. The van der Waals surface area contributed by atoms with Crippen molar-refractivity contribution in [3.8, 4) is 11.5 Å². The van der Waals surface area contributed by atoms with Gasteiger partial charge in [0.1, 0.15) is 11.5 Å². The van der Waals surface area contributed by atoms with Crippen LogP contribution >= 0.6 is 0 Å². The Balaban J connectivity index is 2.40. The van der Waals surface area contributed by atoms with E-state index in [4.69, 9.17) is 15.2 Å². The van der Waals surface area contributed by atoms with Gasteiger partial charge in [-0.3, -0.25) is 4.79 Å². The van der Waals surface area contributed by atoms with Gasteiger partial charge in [-0.25, -0.2) is 0 Å². The number of carbonyl (C=O) groups is 1. The monoisotopic (exact) mass is 275 g/mol. The summed E-state index contributed by atoms with van der Waals surface area (Å²) in [5.74, 6) is 1.04. The van der Waals surface area contributed by atoms with E-state index < -0.39 is 0 Å². The summed E-state index contributed by atoms with van der Waals surface area (Å²) < 4.78 is 10.4. The Morgan fingerprint density at radius 1 is 1.15 bits per heavy atom. The lowest BCUT2D eigenvalue weighted by molar-refractivity contribution is 0.103. The number of nitrogens with two attached hydrogens (primary N) is 1. The zero-order valence-corrected chi connectivity index (χ0v) is 12.1. The molecular formula is C16H21NO3. The predicted molar refractivity (Wildman–Crippen MR) is 79.5 cm³/mol. The standard InChI is InChI=1S/C16H21NO3/c1-19-12-9-13(15(17)14(10-12)20-2)16(18)11-7-5-3-4-6-8-11/h7,9-10H,3-6,8,17H2,1-2H3. The molecule has 0 aromatic heterocycles. The van der Waals surface area contributed by atoms with E-state index in [0.717, 1.165) is 31.3 Å². The molecule has 4 heteroatoms. The highest BCUT2D eigenvalue weighted by molar-refractivity contribution is 6.12. The van der Waals surface area contributed by atoms with Gasteiger partial charge in [-0.05, 0) is 37.3 Å². The van der Waals surface area contributed by atoms with Crippen LogP contribution in [0.1, 0.15) is 42.5 Å². The largest absolute Gasteiger partial charge is 0.497 e. The van der Waals surface area contributed by atoms with Crippen LogP contribution in [-0.2, 0) is 0 Å². The molecule has 0 radical (unpaired) electrons. The highest BCUT2D eigenvalue weighted by Crippen LogP contribution is 2.33. The molecule has 20 heavy (non-hydrogen) atoms. The lowest BCUT2D eigenvalue weighted by Crippen LogP contribution is -2.08. The fourth-order valence-electron chi connectivity index (χ4n) is 2.47. The van der Waals surface area contributed by atoms with E-state index in [2.05, 4.69) is 0 Å². The smallest absolute Gasteiger partial charge is 0.191 e. The Morgan fingerprint density at radius 3 is 2.65 bits per heavy atom. The van der Waals surface area contributed by atoms with Crippen molar-refractivity contribution in [2.24, 2.45) is 0 Å². The molecule has 0 fully saturated rings. The molecule has 0 spiro atoms. The molecule has 2 rings (SSSR count). The van der Waals surface area contributed by atoms with Gasteiger partial charge in [-0.15, -0.1) is 0 Å².